The van der Waals surface area contributed by atoms with E-state index < -0.39 is 15.9 Å². The van der Waals surface area contributed by atoms with Gasteiger partial charge in [-0.25, -0.2) is 8.42 Å². The molecule has 1 atom stereocenters. The van der Waals surface area contributed by atoms with Crippen molar-refractivity contribution in [3.63, 3.8) is 0 Å². The summed E-state index contributed by atoms with van der Waals surface area (Å²) in [6.45, 7) is 3.28. The van der Waals surface area contributed by atoms with Crippen LogP contribution in [0.15, 0.2) is 28.7 Å². The fourth-order valence-electron chi connectivity index (χ4n) is 1.45. The van der Waals surface area contributed by atoms with Crippen LogP contribution < -0.4 is 5.32 Å². The zero-order valence-electron chi connectivity index (χ0n) is 10.3. The Balaban J connectivity index is 2.62. The van der Waals surface area contributed by atoms with Crippen molar-refractivity contribution in [3.8, 4) is 0 Å². The van der Waals surface area contributed by atoms with Crippen molar-refractivity contribution in [2.45, 2.75) is 19.9 Å². The third-order valence-electron chi connectivity index (χ3n) is 2.43. The van der Waals surface area contributed by atoms with Gasteiger partial charge in [0.15, 0.2) is 9.84 Å². The number of carbonyl (C=O) groups is 1. The minimum absolute atomic E-state index is 0.0359. The number of halogens is 1. The second kappa shape index (κ2) is 6.33. The van der Waals surface area contributed by atoms with Gasteiger partial charge >= 0.3 is 0 Å². The maximum atomic E-state index is 11.8. The number of amides is 1. The molecule has 0 spiro atoms. The van der Waals surface area contributed by atoms with Crippen LogP contribution in [0.2, 0.25) is 0 Å². The van der Waals surface area contributed by atoms with Crippen molar-refractivity contribution in [3.05, 3.63) is 34.3 Å². The van der Waals surface area contributed by atoms with Gasteiger partial charge in [0.25, 0.3) is 5.91 Å². The maximum Gasteiger partial charge on any atom is 0.251 e. The Bertz CT molecular complexity index is 511. The van der Waals surface area contributed by atoms with Crippen LogP contribution in [0.3, 0.4) is 0 Å². The monoisotopic (exact) mass is 333 g/mol. The Morgan fingerprint density at radius 1 is 1.33 bits per heavy atom. The zero-order valence-corrected chi connectivity index (χ0v) is 12.7. The molecule has 0 aliphatic rings. The second-order valence-electron chi connectivity index (χ2n) is 4.08. The molecule has 6 heteroatoms. The lowest BCUT2D eigenvalue weighted by molar-refractivity contribution is 0.0943. The van der Waals surface area contributed by atoms with Gasteiger partial charge in [-0.3, -0.25) is 4.79 Å². The van der Waals surface area contributed by atoms with E-state index in [0.717, 1.165) is 4.47 Å². The van der Waals surface area contributed by atoms with E-state index in [1.165, 1.54) is 0 Å². The summed E-state index contributed by atoms with van der Waals surface area (Å²) in [6.07, 6.45) is 0. The number of hydrogen-bond acceptors (Lipinski definition) is 3. The summed E-state index contributed by atoms with van der Waals surface area (Å²) in [5.74, 6) is -0.210. The molecule has 0 aromatic heterocycles. The van der Waals surface area contributed by atoms with Gasteiger partial charge in [0, 0.05) is 21.8 Å². The van der Waals surface area contributed by atoms with Crippen molar-refractivity contribution in [1.29, 1.82) is 0 Å². The van der Waals surface area contributed by atoms with Crippen LogP contribution in [0.25, 0.3) is 0 Å². The van der Waals surface area contributed by atoms with Crippen LogP contribution in [0, 0.1) is 0 Å². The van der Waals surface area contributed by atoms with Crippen LogP contribution in [0.5, 0.6) is 0 Å². The predicted octanol–water partition coefficient (Wildman–Crippen LogP) is 2.00. The van der Waals surface area contributed by atoms with Crippen LogP contribution >= 0.6 is 15.9 Å². The van der Waals surface area contributed by atoms with Crippen molar-refractivity contribution in [1.82, 2.24) is 5.32 Å². The van der Waals surface area contributed by atoms with E-state index in [4.69, 9.17) is 0 Å². The molecule has 0 bridgehead atoms. The summed E-state index contributed by atoms with van der Waals surface area (Å²) in [6, 6.07) is 6.50. The van der Waals surface area contributed by atoms with Crippen LogP contribution in [0.1, 0.15) is 24.2 Å². The third-order valence-corrected chi connectivity index (χ3v) is 4.84. The number of hydrogen-bond donors (Lipinski definition) is 1. The minimum atomic E-state index is -3.08. The number of carbonyl (C=O) groups excluding carboxylic acids is 1. The first-order valence-electron chi connectivity index (χ1n) is 5.61. The summed E-state index contributed by atoms with van der Waals surface area (Å²) in [5, 5.41) is 2.67. The largest absolute Gasteiger partial charge is 0.349 e. The maximum absolute atomic E-state index is 11.8. The van der Waals surface area contributed by atoms with E-state index >= 15 is 0 Å². The zero-order chi connectivity index (χ0) is 13.8. The highest BCUT2D eigenvalue weighted by molar-refractivity contribution is 9.10. The van der Waals surface area contributed by atoms with E-state index in [0.29, 0.717) is 5.56 Å². The molecule has 0 fully saturated rings. The van der Waals surface area contributed by atoms with Crippen molar-refractivity contribution >= 4 is 31.7 Å². The molecule has 1 rings (SSSR count). The van der Waals surface area contributed by atoms with E-state index in [-0.39, 0.29) is 17.4 Å². The van der Waals surface area contributed by atoms with Gasteiger partial charge in [0.2, 0.25) is 0 Å². The molecule has 0 saturated carbocycles. The molecule has 0 heterocycles. The molecule has 1 N–H and O–H groups in total. The molecule has 0 aliphatic carbocycles. The normalized spacial score (nSPS) is 13.1. The van der Waals surface area contributed by atoms with Gasteiger partial charge in [-0.2, -0.15) is 0 Å². The summed E-state index contributed by atoms with van der Waals surface area (Å²) in [5.41, 5.74) is 0.513. The smallest absolute Gasteiger partial charge is 0.251 e. The van der Waals surface area contributed by atoms with Crippen molar-refractivity contribution in [2.24, 2.45) is 0 Å². The molecule has 0 radical (unpaired) electrons. The molecular formula is C12H16BrNO3S. The highest BCUT2D eigenvalue weighted by Crippen LogP contribution is 2.10. The average molecular weight is 334 g/mol. The molecule has 4 nitrogen and oxygen atoms in total. The summed E-state index contributed by atoms with van der Waals surface area (Å²) in [7, 11) is -3.08. The molecule has 0 unspecified atom stereocenters. The summed E-state index contributed by atoms with van der Waals surface area (Å²) >= 11 is 3.28. The first kappa shape index (κ1) is 15.2. The Labute approximate surface area is 116 Å². The summed E-state index contributed by atoms with van der Waals surface area (Å²) in [4.78, 5) is 11.8. The first-order chi connectivity index (χ1) is 8.34. The van der Waals surface area contributed by atoms with E-state index in [9.17, 15) is 13.2 Å². The van der Waals surface area contributed by atoms with Crippen molar-refractivity contribution < 1.29 is 13.2 Å². The molecule has 0 saturated heterocycles. The molecular weight excluding hydrogens is 318 g/mol. The van der Waals surface area contributed by atoms with Crippen LogP contribution in [-0.4, -0.2) is 31.9 Å². The third kappa shape index (κ3) is 4.78. The lowest BCUT2D eigenvalue weighted by Crippen LogP contribution is -2.37. The fourth-order valence-corrected chi connectivity index (χ4v) is 2.79. The number of sulfone groups is 1. The highest BCUT2D eigenvalue weighted by Gasteiger charge is 2.16. The molecule has 1 amide bonds. The fraction of sp³-hybridized carbons (Fsp3) is 0.417. The number of rotatable bonds is 5. The topological polar surface area (TPSA) is 63.2 Å². The Kier molecular flexibility index (Phi) is 5.34. The van der Waals surface area contributed by atoms with E-state index in [1.54, 1.807) is 38.1 Å². The van der Waals surface area contributed by atoms with E-state index in [2.05, 4.69) is 21.2 Å². The standard InChI is InChI=1S/C12H16BrNO3S/c1-3-18(16,17)8-9(2)14-12(15)10-4-6-11(13)7-5-10/h4-7,9H,3,8H2,1-2H3,(H,14,15)/t9-/m1/s1. The van der Waals surface area contributed by atoms with Crippen molar-refractivity contribution in [2.75, 3.05) is 11.5 Å². The highest BCUT2D eigenvalue weighted by atomic mass is 79.9. The molecule has 0 aliphatic heterocycles. The number of nitrogens with one attached hydrogen (secondary N) is 1. The Morgan fingerprint density at radius 2 is 1.89 bits per heavy atom. The molecule has 1 aromatic rings. The lowest BCUT2D eigenvalue weighted by Gasteiger charge is -2.13. The second-order valence-corrected chi connectivity index (χ2v) is 7.39. The van der Waals surface area contributed by atoms with Gasteiger partial charge in [-0.15, -0.1) is 0 Å². The molecule has 18 heavy (non-hydrogen) atoms. The Morgan fingerprint density at radius 3 is 2.39 bits per heavy atom. The molecule has 100 valence electrons. The molecule has 1 aromatic carbocycles. The van der Waals surface area contributed by atoms with Crippen LogP contribution in [-0.2, 0) is 9.84 Å². The Hall–Kier alpha value is -0.880. The first-order valence-corrected chi connectivity index (χ1v) is 8.22. The summed E-state index contributed by atoms with van der Waals surface area (Å²) < 4.78 is 23.7. The number of benzene rings is 1. The SMILES string of the molecule is CCS(=O)(=O)C[C@@H](C)NC(=O)c1ccc(Br)cc1. The van der Waals surface area contributed by atoms with E-state index in [1.807, 2.05) is 0 Å². The van der Waals surface area contributed by atoms with Gasteiger partial charge in [0.1, 0.15) is 0 Å². The van der Waals surface area contributed by atoms with Gasteiger partial charge in [-0.05, 0) is 31.2 Å². The minimum Gasteiger partial charge on any atom is -0.349 e. The lowest BCUT2D eigenvalue weighted by atomic mass is 10.2. The average Bonchev–Trinajstić information content (AvgIpc) is 2.29. The van der Waals surface area contributed by atoms with Gasteiger partial charge < -0.3 is 5.32 Å². The predicted molar refractivity (Wildman–Crippen MR) is 75.4 cm³/mol. The van der Waals surface area contributed by atoms with Gasteiger partial charge in [-0.1, -0.05) is 22.9 Å². The quantitative estimate of drug-likeness (QED) is 0.896. The van der Waals surface area contributed by atoms with Gasteiger partial charge in [0.05, 0.1) is 5.75 Å². The van der Waals surface area contributed by atoms with Crippen LogP contribution in [0.4, 0.5) is 0 Å².